The van der Waals surface area contributed by atoms with Crippen molar-refractivity contribution in [1.29, 1.82) is 0 Å². The Morgan fingerprint density at radius 1 is 1.54 bits per heavy atom. The van der Waals surface area contributed by atoms with Gasteiger partial charge in [0.15, 0.2) is 0 Å². The number of aliphatic carboxylic acids is 1. The molecule has 0 bridgehead atoms. The highest BCUT2D eigenvalue weighted by Gasteiger charge is 2.26. The summed E-state index contributed by atoms with van der Waals surface area (Å²) in [7, 11) is 0. The van der Waals surface area contributed by atoms with Crippen molar-refractivity contribution < 1.29 is 9.90 Å². The zero-order valence-electron chi connectivity index (χ0n) is 7.36. The van der Waals surface area contributed by atoms with E-state index in [4.69, 9.17) is 5.11 Å². The first-order valence-corrected chi connectivity index (χ1v) is 4.65. The van der Waals surface area contributed by atoms with Crippen LogP contribution in [0.4, 0.5) is 0 Å². The Kier molecular flexibility index (Phi) is 2.08. The van der Waals surface area contributed by atoms with Crippen LogP contribution in [0.25, 0.3) is 0 Å². The summed E-state index contributed by atoms with van der Waals surface area (Å²) in [6.07, 6.45) is 9.15. The third-order valence-electron chi connectivity index (χ3n) is 2.71. The van der Waals surface area contributed by atoms with Gasteiger partial charge in [-0.2, -0.15) is 0 Å². The van der Waals surface area contributed by atoms with Crippen molar-refractivity contribution in [2.24, 2.45) is 5.92 Å². The standard InChI is InChI=1S/C10H13NO2/c12-10(13)9-6-2-5-8(11-9)7-3-1-4-7/h2,5-7,9,11H,1,3-4H2,(H,12,13). The monoisotopic (exact) mass is 179 g/mol. The first-order valence-electron chi connectivity index (χ1n) is 4.65. The Hall–Kier alpha value is -1.25. The van der Waals surface area contributed by atoms with E-state index in [1.54, 1.807) is 6.08 Å². The summed E-state index contributed by atoms with van der Waals surface area (Å²) in [4.78, 5) is 10.7. The minimum Gasteiger partial charge on any atom is -0.479 e. The molecule has 13 heavy (non-hydrogen) atoms. The molecular weight excluding hydrogens is 166 g/mol. The number of hydrogen-bond acceptors (Lipinski definition) is 2. The van der Waals surface area contributed by atoms with Gasteiger partial charge in [0.1, 0.15) is 6.04 Å². The molecule has 1 fully saturated rings. The molecular formula is C10H13NO2. The van der Waals surface area contributed by atoms with E-state index in [0.29, 0.717) is 5.92 Å². The number of dihydropyridines is 1. The molecule has 0 aromatic carbocycles. The third-order valence-corrected chi connectivity index (χ3v) is 2.71. The Bertz CT molecular complexity index is 277. The van der Waals surface area contributed by atoms with Crippen LogP contribution in [-0.2, 0) is 4.79 Å². The molecule has 2 rings (SSSR count). The van der Waals surface area contributed by atoms with Gasteiger partial charge in [-0.15, -0.1) is 0 Å². The molecule has 3 nitrogen and oxygen atoms in total. The molecule has 0 spiro atoms. The lowest BCUT2D eigenvalue weighted by Crippen LogP contribution is -2.39. The number of carboxylic acids is 1. The maximum atomic E-state index is 10.7. The van der Waals surface area contributed by atoms with E-state index in [1.807, 2.05) is 12.2 Å². The molecule has 0 amide bonds. The molecule has 1 saturated carbocycles. The maximum absolute atomic E-state index is 10.7. The highest BCUT2D eigenvalue weighted by molar-refractivity contribution is 5.76. The molecule has 0 aromatic heterocycles. The molecule has 70 valence electrons. The van der Waals surface area contributed by atoms with Crippen molar-refractivity contribution in [3.8, 4) is 0 Å². The van der Waals surface area contributed by atoms with Crippen LogP contribution in [0, 0.1) is 5.92 Å². The summed E-state index contributed by atoms with van der Waals surface area (Å²) < 4.78 is 0. The minimum atomic E-state index is -0.804. The van der Waals surface area contributed by atoms with Crippen molar-refractivity contribution in [1.82, 2.24) is 5.32 Å². The van der Waals surface area contributed by atoms with E-state index in [0.717, 1.165) is 5.70 Å². The lowest BCUT2D eigenvalue weighted by atomic mass is 9.82. The molecule has 1 heterocycles. The average molecular weight is 179 g/mol. The van der Waals surface area contributed by atoms with Crippen LogP contribution in [0.5, 0.6) is 0 Å². The summed E-state index contributed by atoms with van der Waals surface area (Å²) in [6.45, 7) is 0. The average Bonchev–Trinajstić information content (AvgIpc) is 2.01. The number of hydrogen-bond donors (Lipinski definition) is 2. The fourth-order valence-corrected chi connectivity index (χ4v) is 1.66. The Labute approximate surface area is 77.1 Å². The third kappa shape index (κ3) is 1.59. The largest absolute Gasteiger partial charge is 0.479 e. The van der Waals surface area contributed by atoms with Crippen LogP contribution in [0.1, 0.15) is 19.3 Å². The molecule has 3 heteroatoms. The molecule has 1 unspecified atom stereocenters. The summed E-state index contributed by atoms with van der Waals surface area (Å²) in [5.74, 6) is -0.229. The van der Waals surface area contributed by atoms with Crippen molar-refractivity contribution in [3.63, 3.8) is 0 Å². The highest BCUT2D eigenvalue weighted by Crippen LogP contribution is 2.32. The summed E-state index contributed by atoms with van der Waals surface area (Å²) in [5.41, 5.74) is 1.10. The topological polar surface area (TPSA) is 49.3 Å². The van der Waals surface area contributed by atoms with Gasteiger partial charge in [-0.3, -0.25) is 0 Å². The quantitative estimate of drug-likeness (QED) is 0.671. The predicted molar refractivity (Wildman–Crippen MR) is 49.1 cm³/mol. The SMILES string of the molecule is O=C(O)C1C=CC=C(C2CCC2)N1. The van der Waals surface area contributed by atoms with Gasteiger partial charge in [-0.05, 0) is 24.8 Å². The summed E-state index contributed by atoms with van der Waals surface area (Å²) in [6, 6.07) is -0.527. The number of rotatable bonds is 2. The van der Waals surface area contributed by atoms with Gasteiger partial charge in [0, 0.05) is 5.70 Å². The summed E-state index contributed by atoms with van der Waals surface area (Å²) >= 11 is 0. The van der Waals surface area contributed by atoms with E-state index in [9.17, 15) is 4.79 Å². The molecule has 2 aliphatic rings. The van der Waals surface area contributed by atoms with Crippen LogP contribution in [0.3, 0.4) is 0 Å². The number of nitrogens with one attached hydrogen (secondary N) is 1. The van der Waals surface area contributed by atoms with E-state index in [1.165, 1.54) is 19.3 Å². The van der Waals surface area contributed by atoms with Gasteiger partial charge in [0.25, 0.3) is 0 Å². The smallest absolute Gasteiger partial charge is 0.330 e. The van der Waals surface area contributed by atoms with Gasteiger partial charge in [0.05, 0.1) is 0 Å². The first kappa shape index (κ1) is 8.35. The van der Waals surface area contributed by atoms with Crippen molar-refractivity contribution in [3.05, 3.63) is 23.9 Å². The van der Waals surface area contributed by atoms with E-state index < -0.39 is 12.0 Å². The van der Waals surface area contributed by atoms with Crippen LogP contribution < -0.4 is 5.32 Å². The normalized spacial score (nSPS) is 27.4. The molecule has 0 saturated heterocycles. The number of allylic oxidation sites excluding steroid dienone is 3. The number of carbonyl (C=O) groups is 1. The highest BCUT2D eigenvalue weighted by atomic mass is 16.4. The second-order valence-electron chi connectivity index (χ2n) is 3.59. The van der Waals surface area contributed by atoms with Gasteiger partial charge in [0.2, 0.25) is 0 Å². The molecule has 1 atom stereocenters. The fraction of sp³-hybridized carbons (Fsp3) is 0.500. The van der Waals surface area contributed by atoms with E-state index in [-0.39, 0.29) is 0 Å². The molecule has 1 aliphatic heterocycles. The van der Waals surface area contributed by atoms with E-state index >= 15 is 0 Å². The van der Waals surface area contributed by atoms with Crippen LogP contribution >= 0.6 is 0 Å². The van der Waals surface area contributed by atoms with E-state index in [2.05, 4.69) is 5.32 Å². The van der Waals surface area contributed by atoms with Crippen molar-refractivity contribution in [2.45, 2.75) is 25.3 Å². The second kappa shape index (κ2) is 3.24. The summed E-state index contributed by atoms with van der Waals surface area (Å²) in [5, 5.41) is 11.8. The molecule has 1 aliphatic carbocycles. The van der Waals surface area contributed by atoms with Gasteiger partial charge < -0.3 is 10.4 Å². The molecule has 2 N–H and O–H groups in total. The Balaban J connectivity index is 2.02. The van der Waals surface area contributed by atoms with Crippen LogP contribution in [0.15, 0.2) is 23.9 Å². The predicted octanol–water partition coefficient (Wildman–Crippen LogP) is 1.28. The lowest BCUT2D eigenvalue weighted by molar-refractivity contribution is -0.138. The zero-order valence-corrected chi connectivity index (χ0v) is 7.36. The van der Waals surface area contributed by atoms with Gasteiger partial charge >= 0.3 is 5.97 Å². The molecule has 0 radical (unpaired) electrons. The lowest BCUT2D eigenvalue weighted by Gasteiger charge is -2.31. The van der Waals surface area contributed by atoms with Crippen LogP contribution in [-0.4, -0.2) is 17.1 Å². The Morgan fingerprint density at radius 2 is 2.31 bits per heavy atom. The maximum Gasteiger partial charge on any atom is 0.330 e. The zero-order chi connectivity index (χ0) is 9.26. The van der Waals surface area contributed by atoms with Crippen LogP contribution in [0.2, 0.25) is 0 Å². The molecule has 0 aromatic rings. The van der Waals surface area contributed by atoms with Crippen molar-refractivity contribution in [2.75, 3.05) is 0 Å². The van der Waals surface area contributed by atoms with Gasteiger partial charge in [-0.1, -0.05) is 18.6 Å². The van der Waals surface area contributed by atoms with Crippen molar-refractivity contribution >= 4 is 5.97 Å². The fourth-order valence-electron chi connectivity index (χ4n) is 1.66. The Morgan fingerprint density at radius 3 is 2.85 bits per heavy atom. The number of carboxylic acid groups (broad SMARTS) is 1. The first-order chi connectivity index (χ1) is 6.27. The van der Waals surface area contributed by atoms with Gasteiger partial charge in [-0.25, -0.2) is 4.79 Å². The second-order valence-corrected chi connectivity index (χ2v) is 3.59. The minimum absolute atomic E-state index is 0.527.